The van der Waals surface area contributed by atoms with Gasteiger partial charge in [-0.25, -0.2) is 4.90 Å². The summed E-state index contributed by atoms with van der Waals surface area (Å²) in [5, 5.41) is 0.794. The van der Waals surface area contributed by atoms with Crippen LogP contribution in [0.3, 0.4) is 0 Å². The molecule has 1 aromatic carbocycles. The third kappa shape index (κ3) is 3.83. The Morgan fingerprint density at radius 3 is 2.33 bits per heavy atom. The summed E-state index contributed by atoms with van der Waals surface area (Å²) >= 11 is 9.84. The average molecular weight is 569 g/mol. The van der Waals surface area contributed by atoms with Crippen molar-refractivity contribution in [1.29, 1.82) is 0 Å². The Balaban J connectivity index is 1.51. The Bertz CT molecular complexity index is 1150. The maximum atomic E-state index is 13.1. The number of hydrogen-bond donors (Lipinski definition) is 0. The number of ketones is 1. The maximum Gasteiger partial charge on any atom is 0.276 e. The largest absolute Gasteiger partial charge is 0.294 e. The summed E-state index contributed by atoms with van der Waals surface area (Å²) in [5.41, 5.74) is 1.57. The fourth-order valence-electron chi connectivity index (χ4n) is 3.66. The molecule has 1 aliphatic heterocycles. The molecule has 4 rings (SSSR count). The summed E-state index contributed by atoms with van der Waals surface area (Å²) < 4.78 is 2.66. The molecule has 4 nitrogen and oxygen atoms in total. The molecule has 0 aliphatic carbocycles. The van der Waals surface area contributed by atoms with Gasteiger partial charge in [0.25, 0.3) is 11.8 Å². The van der Waals surface area contributed by atoms with Gasteiger partial charge in [-0.1, -0.05) is 32.6 Å². The van der Waals surface area contributed by atoms with Crippen molar-refractivity contribution in [2.75, 3.05) is 4.90 Å². The fraction of sp³-hybridized carbons (Fsp3) is 0.318. The van der Waals surface area contributed by atoms with E-state index in [9.17, 15) is 14.4 Å². The number of imide groups is 1. The first kappa shape index (κ1) is 21.9. The van der Waals surface area contributed by atoms with Crippen LogP contribution in [0.2, 0.25) is 0 Å². The number of fused-ring (bicyclic) bond motifs is 3. The molecule has 0 unspecified atom stereocenters. The number of thiophene rings is 2. The highest BCUT2D eigenvalue weighted by atomic mass is 79.9. The van der Waals surface area contributed by atoms with E-state index in [1.54, 1.807) is 24.3 Å². The number of Topliss-reactive ketones (excluding diaryl/α,β-unsaturated/α-hetero) is 1. The third-order valence-corrected chi connectivity index (χ3v) is 9.35. The summed E-state index contributed by atoms with van der Waals surface area (Å²) in [6.07, 6.45) is 6.04. The molecule has 0 fully saturated rings. The van der Waals surface area contributed by atoms with Gasteiger partial charge in [-0.3, -0.25) is 14.4 Å². The van der Waals surface area contributed by atoms with Crippen molar-refractivity contribution in [2.24, 2.45) is 0 Å². The lowest BCUT2D eigenvalue weighted by Gasteiger charge is -2.14. The Kier molecular flexibility index (Phi) is 6.58. The quantitative estimate of drug-likeness (QED) is 0.158. The van der Waals surface area contributed by atoms with E-state index in [0.717, 1.165) is 36.9 Å². The maximum absolute atomic E-state index is 13.1. The van der Waals surface area contributed by atoms with E-state index in [1.165, 1.54) is 40.4 Å². The highest BCUT2D eigenvalue weighted by Gasteiger charge is 2.41. The van der Waals surface area contributed by atoms with Gasteiger partial charge in [0.15, 0.2) is 5.78 Å². The molecule has 8 heteroatoms. The van der Waals surface area contributed by atoms with E-state index in [4.69, 9.17) is 0 Å². The molecule has 0 saturated heterocycles. The van der Waals surface area contributed by atoms with Crippen molar-refractivity contribution in [1.82, 2.24) is 0 Å². The van der Waals surface area contributed by atoms with Crippen molar-refractivity contribution in [2.45, 2.75) is 45.4 Å². The number of unbranched alkanes of at least 4 members (excludes halogenated alkanes) is 4. The van der Waals surface area contributed by atoms with Crippen molar-refractivity contribution in [3.63, 3.8) is 0 Å². The molecule has 156 valence electrons. The van der Waals surface area contributed by atoms with E-state index in [2.05, 4.69) is 38.8 Å². The summed E-state index contributed by atoms with van der Waals surface area (Å²) in [5.74, 6) is -0.526. The second kappa shape index (κ2) is 9.02. The zero-order valence-corrected chi connectivity index (χ0v) is 21.1. The SMILES string of the molecule is CCCCCCCC(=O)c1ccc(N2C(=O)c3sc4c(Br)sc(Br)c4c3C2=O)cc1. The lowest BCUT2D eigenvalue weighted by atomic mass is 10.0. The molecule has 2 amide bonds. The Morgan fingerprint density at radius 1 is 0.933 bits per heavy atom. The summed E-state index contributed by atoms with van der Waals surface area (Å²) in [7, 11) is 0. The van der Waals surface area contributed by atoms with Crippen molar-refractivity contribution in [3.8, 4) is 0 Å². The molecule has 0 bridgehead atoms. The first-order chi connectivity index (χ1) is 14.4. The van der Waals surface area contributed by atoms with Crippen LogP contribution in [0.5, 0.6) is 0 Å². The predicted molar refractivity (Wildman–Crippen MR) is 130 cm³/mol. The molecule has 2 aromatic heterocycles. The van der Waals surface area contributed by atoms with Crippen LogP contribution in [0.15, 0.2) is 31.8 Å². The van der Waals surface area contributed by atoms with Crippen LogP contribution in [-0.2, 0) is 0 Å². The van der Waals surface area contributed by atoms with Crippen LogP contribution in [0.4, 0.5) is 5.69 Å². The van der Waals surface area contributed by atoms with Crippen LogP contribution in [0.25, 0.3) is 10.1 Å². The van der Waals surface area contributed by atoms with Gasteiger partial charge < -0.3 is 0 Å². The van der Waals surface area contributed by atoms with Crippen LogP contribution < -0.4 is 4.90 Å². The third-order valence-electron chi connectivity index (χ3n) is 5.23. The van der Waals surface area contributed by atoms with E-state index >= 15 is 0 Å². The second-order valence-electron chi connectivity index (χ2n) is 7.24. The number of carbonyl (C=O) groups is 3. The topological polar surface area (TPSA) is 54.5 Å². The van der Waals surface area contributed by atoms with Crippen molar-refractivity contribution >= 4 is 87.9 Å². The van der Waals surface area contributed by atoms with Crippen molar-refractivity contribution < 1.29 is 14.4 Å². The Hall–Kier alpha value is -1.35. The van der Waals surface area contributed by atoms with Gasteiger partial charge in [-0.2, -0.15) is 0 Å². The van der Waals surface area contributed by atoms with Gasteiger partial charge in [0, 0.05) is 17.4 Å². The Labute approximate surface area is 199 Å². The van der Waals surface area contributed by atoms with Crippen LogP contribution in [0, 0.1) is 0 Å². The minimum atomic E-state index is -0.317. The second-order valence-corrected chi connectivity index (χ2v) is 11.9. The lowest BCUT2D eigenvalue weighted by molar-refractivity contribution is 0.0926. The molecule has 3 aromatic rings. The molecule has 3 heterocycles. The number of carbonyl (C=O) groups excluding carboxylic acids is 3. The minimum Gasteiger partial charge on any atom is -0.294 e. The number of hydrogen-bond acceptors (Lipinski definition) is 5. The number of rotatable bonds is 8. The lowest BCUT2D eigenvalue weighted by Crippen LogP contribution is -2.29. The van der Waals surface area contributed by atoms with Crippen LogP contribution >= 0.6 is 54.5 Å². The van der Waals surface area contributed by atoms with E-state index in [0.29, 0.717) is 28.1 Å². The van der Waals surface area contributed by atoms with Crippen LogP contribution in [0.1, 0.15) is 75.8 Å². The van der Waals surface area contributed by atoms with E-state index in [1.807, 2.05) is 0 Å². The zero-order valence-electron chi connectivity index (χ0n) is 16.3. The molecule has 30 heavy (non-hydrogen) atoms. The van der Waals surface area contributed by atoms with Crippen molar-refractivity contribution in [3.05, 3.63) is 47.8 Å². The molecule has 0 N–H and O–H groups in total. The summed E-state index contributed by atoms with van der Waals surface area (Å²) in [4.78, 5) is 40.1. The first-order valence-electron chi connectivity index (χ1n) is 9.86. The molecular formula is C22H19Br2NO3S2. The normalized spacial score (nSPS) is 13.5. The number of nitrogens with zero attached hydrogens (tertiary/aromatic N) is 1. The first-order valence-corrected chi connectivity index (χ1v) is 13.1. The minimum absolute atomic E-state index is 0.102. The number of halogens is 2. The highest BCUT2D eigenvalue weighted by molar-refractivity contribution is 9.12. The van der Waals surface area contributed by atoms with Gasteiger partial charge in [-0.15, -0.1) is 22.7 Å². The molecule has 0 radical (unpaired) electrons. The number of benzene rings is 1. The summed E-state index contributed by atoms with van der Waals surface area (Å²) in [6.45, 7) is 2.17. The van der Waals surface area contributed by atoms with E-state index in [-0.39, 0.29) is 17.6 Å². The predicted octanol–water partition coefficient (Wildman–Crippen LogP) is 7.83. The van der Waals surface area contributed by atoms with E-state index < -0.39 is 0 Å². The summed E-state index contributed by atoms with van der Waals surface area (Å²) in [6, 6.07) is 6.80. The monoisotopic (exact) mass is 567 g/mol. The van der Waals surface area contributed by atoms with Gasteiger partial charge in [-0.05, 0) is 62.5 Å². The molecular weight excluding hydrogens is 550 g/mol. The molecule has 0 atom stereocenters. The zero-order chi connectivity index (χ0) is 21.4. The fourth-order valence-corrected chi connectivity index (χ4v) is 8.28. The number of amides is 2. The number of anilines is 1. The highest BCUT2D eigenvalue weighted by Crippen LogP contribution is 2.49. The molecule has 0 saturated carbocycles. The van der Waals surface area contributed by atoms with Gasteiger partial charge in [0.05, 0.1) is 23.5 Å². The standard InChI is InChI=1S/C22H19Br2NO3S2/c1-2-3-4-5-6-7-14(26)12-8-10-13(11-9-12)25-21(27)16-15-17(20(24)30-19(15)23)29-18(16)22(25)28/h8-11H,2-7H2,1H3. The smallest absolute Gasteiger partial charge is 0.276 e. The van der Waals surface area contributed by atoms with Gasteiger partial charge in [0.1, 0.15) is 4.88 Å². The molecule has 0 spiro atoms. The average Bonchev–Trinajstić information content (AvgIpc) is 3.33. The molecule has 1 aliphatic rings. The Morgan fingerprint density at radius 2 is 1.63 bits per heavy atom. The van der Waals surface area contributed by atoms with Crippen LogP contribution in [-0.4, -0.2) is 17.6 Å². The van der Waals surface area contributed by atoms with Gasteiger partial charge >= 0.3 is 0 Å². The van der Waals surface area contributed by atoms with Gasteiger partial charge in [0.2, 0.25) is 0 Å².